The third kappa shape index (κ3) is 3.11. The Morgan fingerprint density at radius 1 is 1.33 bits per heavy atom. The highest BCUT2D eigenvalue weighted by molar-refractivity contribution is 6.32. The Morgan fingerprint density at radius 3 is 2.67 bits per heavy atom. The van der Waals surface area contributed by atoms with E-state index in [1.807, 2.05) is 0 Å². The van der Waals surface area contributed by atoms with Gasteiger partial charge in [-0.3, -0.25) is 10.1 Å². The maximum Gasteiger partial charge on any atom is 0.339 e. The zero-order valence-electron chi connectivity index (χ0n) is 10.9. The lowest BCUT2D eigenvalue weighted by molar-refractivity contribution is -0.385. The second kappa shape index (κ2) is 5.80. The van der Waals surface area contributed by atoms with Gasteiger partial charge in [0.2, 0.25) is 5.75 Å². The number of hydrogen-bond donors (Lipinski definition) is 1. The van der Waals surface area contributed by atoms with Gasteiger partial charge in [0.1, 0.15) is 11.3 Å². The predicted molar refractivity (Wildman–Crippen MR) is 76.3 cm³/mol. The van der Waals surface area contributed by atoms with Crippen molar-refractivity contribution >= 4 is 23.3 Å². The average Bonchev–Trinajstić information content (AvgIpc) is 2.42. The Labute approximate surface area is 124 Å². The first kappa shape index (κ1) is 14.8. The summed E-state index contributed by atoms with van der Waals surface area (Å²) >= 11 is 5.91. The Morgan fingerprint density at radius 2 is 2.05 bits per heavy atom. The quantitative estimate of drug-likeness (QED) is 0.680. The predicted octanol–water partition coefficient (Wildman–Crippen LogP) is 4.05. The number of ether oxygens (including phenoxy) is 1. The lowest BCUT2D eigenvalue weighted by atomic mass is 10.1. The molecule has 1 N–H and O–H groups in total. The van der Waals surface area contributed by atoms with Crippen LogP contribution in [0.4, 0.5) is 5.69 Å². The van der Waals surface area contributed by atoms with Gasteiger partial charge in [-0.05, 0) is 25.1 Å². The topological polar surface area (TPSA) is 89.7 Å². The summed E-state index contributed by atoms with van der Waals surface area (Å²) in [4.78, 5) is 21.6. The Balaban J connectivity index is 2.53. The van der Waals surface area contributed by atoms with E-state index in [0.29, 0.717) is 0 Å². The van der Waals surface area contributed by atoms with Gasteiger partial charge in [0.05, 0.1) is 9.95 Å². The van der Waals surface area contributed by atoms with E-state index < -0.39 is 10.9 Å². The number of halogens is 1. The van der Waals surface area contributed by atoms with Crippen LogP contribution in [0.25, 0.3) is 0 Å². The van der Waals surface area contributed by atoms with Gasteiger partial charge in [-0.25, -0.2) is 4.79 Å². The van der Waals surface area contributed by atoms with Crippen LogP contribution in [0, 0.1) is 17.0 Å². The number of carboxylic acids is 1. The number of carboxylic acid groups (broad SMARTS) is 1. The second-order valence-corrected chi connectivity index (χ2v) is 4.66. The molecule has 2 aromatic rings. The summed E-state index contributed by atoms with van der Waals surface area (Å²) in [6.07, 6.45) is 0. The van der Waals surface area contributed by atoms with Gasteiger partial charge in [-0.15, -0.1) is 0 Å². The summed E-state index contributed by atoms with van der Waals surface area (Å²) in [6.45, 7) is 1.73. The summed E-state index contributed by atoms with van der Waals surface area (Å²) in [6, 6.07) is 8.57. The van der Waals surface area contributed by atoms with Crippen LogP contribution in [0.3, 0.4) is 0 Å². The van der Waals surface area contributed by atoms with Crippen molar-refractivity contribution in [2.45, 2.75) is 6.92 Å². The lowest BCUT2D eigenvalue weighted by Crippen LogP contribution is -2.02. The third-order valence-electron chi connectivity index (χ3n) is 2.72. The highest BCUT2D eigenvalue weighted by atomic mass is 35.5. The molecule has 0 saturated carbocycles. The van der Waals surface area contributed by atoms with Crippen molar-refractivity contribution in [3.05, 3.63) is 62.7 Å². The number of nitrogens with zero attached hydrogens (tertiary/aromatic N) is 1. The molecule has 7 heteroatoms. The summed E-state index contributed by atoms with van der Waals surface area (Å²) in [7, 11) is 0. The normalized spacial score (nSPS) is 10.2. The Bertz CT molecular complexity index is 729. The minimum absolute atomic E-state index is 0.00991. The van der Waals surface area contributed by atoms with Crippen molar-refractivity contribution in [2.24, 2.45) is 0 Å². The largest absolute Gasteiger partial charge is 0.478 e. The number of nitro groups is 1. The van der Waals surface area contributed by atoms with Crippen molar-refractivity contribution in [1.29, 1.82) is 0 Å². The van der Waals surface area contributed by atoms with E-state index >= 15 is 0 Å². The first-order valence-electron chi connectivity index (χ1n) is 5.85. The van der Waals surface area contributed by atoms with Crippen LogP contribution in [0.5, 0.6) is 11.5 Å². The van der Waals surface area contributed by atoms with Crippen LogP contribution in [-0.4, -0.2) is 16.0 Å². The van der Waals surface area contributed by atoms with E-state index in [2.05, 4.69) is 0 Å². The monoisotopic (exact) mass is 307 g/mol. The first-order chi connectivity index (χ1) is 9.90. The van der Waals surface area contributed by atoms with E-state index in [1.54, 1.807) is 13.0 Å². The van der Waals surface area contributed by atoms with Crippen molar-refractivity contribution in [3.63, 3.8) is 0 Å². The highest BCUT2D eigenvalue weighted by Crippen LogP contribution is 2.38. The molecule has 0 aliphatic carbocycles. The van der Waals surface area contributed by atoms with Gasteiger partial charge in [-0.1, -0.05) is 29.3 Å². The van der Waals surface area contributed by atoms with Crippen LogP contribution in [0.1, 0.15) is 15.9 Å². The van der Waals surface area contributed by atoms with E-state index in [9.17, 15) is 14.9 Å². The van der Waals surface area contributed by atoms with Gasteiger partial charge in [0.25, 0.3) is 0 Å². The standard InChI is InChI=1S/C14H10ClNO5/c1-8-5-6-12(9(7-8)14(17)18)21-13-10(15)3-2-4-11(13)16(19)20/h2-7H,1H3,(H,17,18). The molecule has 0 unspecified atom stereocenters. The molecule has 0 amide bonds. The van der Waals surface area contributed by atoms with Gasteiger partial charge in [0, 0.05) is 6.07 Å². The molecular formula is C14H10ClNO5. The van der Waals surface area contributed by atoms with E-state index in [1.165, 1.54) is 30.3 Å². The smallest absolute Gasteiger partial charge is 0.339 e. The number of rotatable bonds is 4. The average molecular weight is 308 g/mol. The molecule has 0 bridgehead atoms. The van der Waals surface area contributed by atoms with Crippen LogP contribution in [-0.2, 0) is 0 Å². The third-order valence-corrected chi connectivity index (χ3v) is 3.02. The SMILES string of the molecule is Cc1ccc(Oc2c(Cl)cccc2[N+](=O)[O-])c(C(=O)O)c1. The molecule has 0 fully saturated rings. The van der Waals surface area contributed by atoms with E-state index in [0.717, 1.165) is 5.56 Å². The number of para-hydroxylation sites is 1. The van der Waals surface area contributed by atoms with Crippen LogP contribution in [0.15, 0.2) is 36.4 Å². The van der Waals surface area contributed by atoms with Crippen LogP contribution >= 0.6 is 11.6 Å². The molecule has 0 heterocycles. The minimum atomic E-state index is -1.19. The molecule has 6 nitrogen and oxygen atoms in total. The number of hydrogen-bond acceptors (Lipinski definition) is 4. The number of benzene rings is 2. The molecule has 0 atom stereocenters. The van der Waals surface area contributed by atoms with E-state index in [-0.39, 0.29) is 27.8 Å². The fraction of sp³-hybridized carbons (Fsp3) is 0.0714. The molecule has 0 aliphatic rings. The fourth-order valence-electron chi connectivity index (χ4n) is 1.75. The Hall–Kier alpha value is -2.60. The number of carbonyl (C=O) groups is 1. The van der Waals surface area contributed by atoms with Crippen LogP contribution < -0.4 is 4.74 Å². The molecule has 0 aromatic heterocycles. The molecule has 2 aromatic carbocycles. The Kier molecular flexibility index (Phi) is 4.09. The lowest BCUT2D eigenvalue weighted by Gasteiger charge is -2.10. The zero-order chi connectivity index (χ0) is 15.6. The van der Waals surface area contributed by atoms with Crippen molar-refractivity contribution in [2.75, 3.05) is 0 Å². The number of nitro benzene ring substituents is 1. The maximum atomic E-state index is 11.2. The minimum Gasteiger partial charge on any atom is -0.478 e. The first-order valence-corrected chi connectivity index (χ1v) is 6.22. The van der Waals surface area contributed by atoms with E-state index in [4.69, 9.17) is 21.4 Å². The molecule has 0 radical (unpaired) electrons. The molecule has 0 aliphatic heterocycles. The van der Waals surface area contributed by atoms with Crippen molar-refractivity contribution < 1.29 is 19.6 Å². The van der Waals surface area contributed by atoms with Gasteiger partial charge in [0.15, 0.2) is 0 Å². The summed E-state index contributed by atoms with van der Waals surface area (Å²) in [5.74, 6) is -1.39. The molecular weight excluding hydrogens is 298 g/mol. The second-order valence-electron chi connectivity index (χ2n) is 4.25. The van der Waals surface area contributed by atoms with Crippen molar-refractivity contribution in [3.8, 4) is 11.5 Å². The number of aromatic carboxylic acids is 1. The molecule has 21 heavy (non-hydrogen) atoms. The summed E-state index contributed by atoms with van der Waals surface area (Å²) in [5, 5.41) is 20.2. The van der Waals surface area contributed by atoms with Crippen molar-refractivity contribution in [1.82, 2.24) is 0 Å². The van der Waals surface area contributed by atoms with Crippen LogP contribution in [0.2, 0.25) is 5.02 Å². The highest BCUT2D eigenvalue weighted by Gasteiger charge is 2.21. The maximum absolute atomic E-state index is 11.2. The molecule has 2 rings (SSSR count). The fourth-order valence-corrected chi connectivity index (χ4v) is 1.96. The molecule has 0 spiro atoms. The molecule has 0 saturated heterocycles. The zero-order valence-corrected chi connectivity index (χ0v) is 11.6. The number of aryl methyl sites for hydroxylation is 1. The molecule has 108 valence electrons. The van der Waals surface area contributed by atoms with Gasteiger partial charge < -0.3 is 9.84 Å². The van der Waals surface area contributed by atoms with Gasteiger partial charge in [-0.2, -0.15) is 0 Å². The summed E-state index contributed by atoms with van der Waals surface area (Å²) < 4.78 is 5.39. The van der Waals surface area contributed by atoms with Gasteiger partial charge >= 0.3 is 11.7 Å². The summed E-state index contributed by atoms with van der Waals surface area (Å²) in [5.41, 5.74) is 0.303.